The number of amides is 1. The van der Waals surface area contributed by atoms with Gasteiger partial charge in [0.25, 0.3) is 0 Å². The van der Waals surface area contributed by atoms with Gasteiger partial charge in [-0.2, -0.15) is 13.2 Å². The number of halogens is 3. The number of pyridine rings is 1. The molecule has 182 valence electrons. The summed E-state index contributed by atoms with van der Waals surface area (Å²) in [4.78, 5) is 17.0. The van der Waals surface area contributed by atoms with Crippen molar-refractivity contribution >= 4 is 5.91 Å². The fraction of sp³-hybridized carbons (Fsp3) is 0.462. The van der Waals surface area contributed by atoms with Gasteiger partial charge in [0.15, 0.2) is 0 Å². The maximum Gasteiger partial charge on any atom is 0.433 e. The highest BCUT2D eigenvalue weighted by atomic mass is 19.4. The number of hydrogen-bond donors (Lipinski definition) is 0. The Bertz CT molecular complexity index is 845. The molecule has 0 aliphatic carbocycles. The highest BCUT2D eigenvalue weighted by Crippen LogP contribution is 2.33. The van der Waals surface area contributed by atoms with Crippen LogP contribution in [0.25, 0.3) is 0 Å². The molecule has 1 fully saturated rings. The average Bonchev–Trinajstić information content (AvgIpc) is 2.76. The van der Waals surface area contributed by atoms with E-state index in [-0.39, 0.29) is 17.6 Å². The number of carbonyl (C=O) groups excluding carboxylic acids is 1. The Labute approximate surface area is 195 Å². The minimum absolute atomic E-state index is 0.0817. The van der Waals surface area contributed by atoms with Crippen LogP contribution in [0.5, 0.6) is 5.75 Å². The van der Waals surface area contributed by atoms with Crippen LogP contribution >= 0.6 is 0 Å². The Balaban J connectivity index is 0.00000125. The number of carbonyl (C=O) groups is 1. The molecule has 33 heavy (non-hydrogen) atoms. The quantitative estimate of drug-likeness (QED) is 0.189. The third-order valence-corrected chi connectivity index (χ3v) is 5.12. The minimum atomic E-state index is -4.49. The van der Waals surface area contributed by atoms with E-state index in [2.05, 4.69) is 44.6 Å². The molecule has 2 heterocycles. The predicted octanol–water partition coefficient (Wildman–Crippen LogP) is 6.97. The SMILES string of the molecule is C=C(C)C.C=CC(=O)N1CCC(/C(=C/C(C)CC)C(=C)Oc2ccc(C(F)(F)F)nc2)CC1. The number of rotatable bonds is 7. The summed E-state index contributed by atoms with van der Waals surface area (Å²) >= 11 is 0. The van der Waals surface area contributed by atoms with Gasteiger partial charge in [0.05, 0.1) is 6.20 Å². The van der Waals surface area contributed by atoms with Gasteiger partial charge in [0.2, 0.25) is 5.91 Å². The number of alkyl halides is 3. The second-order valence-corrected chi connectivity index (χ2v) is 8.42. The molecule has 1 aromatic heterocycles. The lowest BCUT2D eigenvalue weighted by Crippen LogP contribution is -2.38. The van der Waals surface area contributed by atoms with Gasteiger partial charge in [-0.3, -0.25) is 4.79 Å². The van der Waals surface area contributed by atoms with Crippen molar-refractivity contribution < 1.29 is 22.7 Å². The van der Waals surface area contributed by atoms with Crippen molar-refractivity contribution in [2.45, 2.75) is 53.1 Å². The molecule has 7 heteroatoms. The largest absolute Gasteiger partial charge is 0.456 e. The van der Waals surface area contributed by atoms with Crippen LogP contribution in [-0.4, -0.2) is 28.9 Å². The first kappa shape index (κ1) is 28.2. The third kappa shape index (κ3) is 9.68. The van der Waals surface area contributed by atoms with Crippen LogP contribution in [0.1, 0.15) is 52.7 Å². The summed E-state index contributed by atoms with van der Waals surface area (Å²) in [6.07, 6.45) is 2.44. The van der Waals surface area contributed by atoms with Crippen LogP contribution in [-0.2, 0) is 11.0 Å². The van der Waals surface area contributed by atoms with Crippen LogP contribution in [0.15, 0.2) is 67.1 Å². The lowest BCUT2D eigenvalue weighted by Gasteiger charge is -2.33. The molecule has 1 unspecified atom stereocenters. The number of allylic oxidation sites excluding steroid dienone is 3. The van der Waals surface area contributed by atoms with Gasteiger partial charge in [0.1, 0.15) is 17.2 Å². The number of hydrogen-bond acceptors (Lipinski definition) is 3. The molecule has 1 aliphatic rings. The number of likely N-dealkylation sites (tertiary alicyclic amines) is 1. The van der Waals surface area contributed by atoms with E-state index >= 15 is 0 Å². The summed E-state index contributed by atoms with van der Waals surface area (Å²) < 4.78 is 43.8. The molecule has 0 bridgehead atoms. The average molecular weight is 465 g/mol. The highest BCUT2D eigenvalue weighted by molar-refractivity contribution is 5.87. The van der Waals surface area contributed by atoms with Gasteiger partial charge in [-0.1, -0.05) is 45.1 Å². The van der Waals surface area contributed by atoms with Crippen LogP contribution < -0.4 is 4.74 Å². The molecular weight excluding hydrogens is 429 g/mol. The van der Waals surface area contributed by atoms with Crippen molar-refractivity contribution in [2.24, 2.45) is 11.8 Å². The van der Waals surface area contributed by atoms with Crippen LogP contribution in [0, 0.1) is 11.8 Å². The molecule has 2 rings (SSSR count). The molecule has 1 saturated heterocycles. The van der Waals surface area contributed by atoms with E-state index in [9.17, 15) is 18.0 Å². The molecule has 1 aromatic rings. The smallest absolute Gasteiger partial charge is 0.433 e. The van der Waals surface area contributed by atoms with Crippen molar-refractivity contribution in [3.05, 3.63) is 72.8 Å². The zero-order chi connectivity index (χ0) is 25.2. The Morgan fingerprint density at radius 2 is 1.85 bits per heavy atom. The van der Waals surface area contributed by atoms with E-state index in [0.29, 0.717) is 24.8 Å². The molecule has 1 amide bonds. The molecule has 0 saturated carbocycles. The lowest BCUT2D eigenvalue weighted by atomic mass is 9.86. The van der Waals surface area contributed by atoms with E-state index in [1.165, 1.54) is 17.7 Å². The monoisotopic (exact) mass is 464 g/mol. The lowest BCUT2D eigenvalue weighted by molar-refractivity contribution is -0.141. The van der Waals surface area contributed by atoms with Gasteiger partial charge in [-0.15, -0.1) is 6.58 Å². The van der Waals surface area contributed by atoms with Crippen molar-refractivity contribution in [3.8, 4) is 5.75 Å². The topological polar surface area (TPSA) is 42.4 Å². The Morgan fingerprint density at radius 1 is 1.27 bits per heavy atom. The summed E-state index contributed by atoms with van der Waals surface area (Å²) in [6.45, 7) is 20.4. The molecule has 0 radical (unpaired) electrons. The minimum Gasteiger partial charge on any atom is -0.456 e. The van der Waals surface area contributed by atoms with Crippen molar-refractivity contribution in [1.82, 2.24) is 9.88 Å². The second kappa shape index (κ2) is 13.0. The number of piperidine rings is 1. The van der Waals surface area contributed by atoms with Crippen LogP contribution in [0.2, 0.25) is 0 Å². The predicted molar refractivity (Wildman–Crippen MR) is 127 cm³/mol. The first-order chi connectivity index (χ1) is 15.4. The van der Waals surface area contributed by atoms with Crippen molar-refractivity contribution in [1.29, 1.82) is 0 Å². The Morgan fingerprint density at radius 3 is 2.27 bits per heavy atom. The zero-order valence-corrected chi connectivity index (χ0v) is 20.0. The van der Waals surface area contributed by atoms with E-state index in [1.807, 2.05) is 13.8 Å². The summed E-state index contributed by atoms with van der Waals surface area (Å²) in [5.74, 6) is 0.983. The Hall–Kier alpha value is -2.83. The number of aromatic nitrogens is 1. The van der Waals surface area contributed by atoms with Crippen molar-refractivity contribution in [2.75, 3.05) is 13.1 Å². The Kier molecular flexibility index (Phi) is 11.1. The molecule has 0 N–H and O–H groups in total. The van der Waals surface area contributed by atoms with Crippen LogP contribution in [0.3, 0.4) is 0 Å². The molecule has 1 atom stereocenters. The van der Waals surface area contributed by atoms with E-state index in [1.54, 1.807) is 4.90 Å². The molecular formula is C26H35F3N2O2. The highest BCUT2D eigenvalue weighted by Gasteiger charge is 2.32. The van der Waals surface area contributed by atoms with E-state index < -0.39 is 11.9 Å². The zero-order valence-electron chi connectivity index (χ0n) is 20.0. The van der Waals surface area contributed by atoms with Crippen molar-refractivity contribution in [3.63, 3.8) is 0 Å². The molecule has 4 nitrogen and oxygen atoms in total. The maximum absolute atomic E-state index is 12.7. The normalized spacial score (nSPS) is 15.7. The van der Waals surface area contributed by atoms with E-state index in [0.717, 1.165) is 37.1 Å². The van der Waals surface area contributed by atoms with Gasteiger partial charge in [-0.25, -0.2) is 4.98 Å². The fourth-order valence-electron chi connectivity index (χ4n) is 3.23. The first-order valence-electron chi connectivity index (χ1n) is 11.0. The van der Waals surface area contributed by atoms with E-state index in [4.69, 9.17) is 4.74 Å². The van der Waals surface area contributed by atoms with Gasteiger partial charge >= 0.3 is 6.18 Å². The molecule has 0 spiro atoms. The summed E-state index contributed by atoms with van der Waals surface area (Å²) in [5.41, 5.74) is 1.13. The van der Waals surface area contributed by atoms with Gasteiger partial charge in [-0.05, 0) is 62.3 Å². The fourth-order valence-corrected chi connectivity index (χ4v) is 3.23. The summed E-state index contributed by atoms with van der Waals surface area (Å²) in [6, 6.07) is 2.13. The second-order valence-electron chi connectivity index (χ2n) is 8.42. The number of nitrogens with zero attached hydrogens (tertiary/aromatic N) is 2. The van der Waals surface area contributed by atoms with Crippen LogP contribution in [0.4, 0.5) is 13.2 Å². The van der Waals surface area contributed by atoms with Gasteiger partial charge < -0.3 is 9.64 Å². The number of ether oxygens (including phenoxy) is 1. The molecule has 0 aromatic carbocycles. The third-order valence-electron chi connectivity index (χ3n) is 5.12. The summed E-state index contributed by atoms with van der Waals surface area (Å²) in [5, 5.41) is 0. The maximum atomic E-state index is 12.7. The molecule has 1 aliphatic heterocycles. The first-order valence-corrected chi connectivity index (χ1v) is 11.0. The standard InChI is InChI=1S/C22H27F3N2O2.C4H8/c1-5-15(3)13-19(17-9-11-27(12-10-17)21(28)6-2)16(4)29-18-7-8-20(26-14-18)22(23,24)25;1-4(2)3/h6-8,13-15,17H,2,4-5,9-12H2,1,3H3;1H2,2-3H3/b19-13+;. The van der Waals surface area contributed by atoms with Gasteiger partial charge in [0, 0.05) is 13.1 Å². The summed E-state index contributed by atoms with van der Waals surface area (Å²) in [7, 11) is 0.